The number of rotatable bonds is 4. The first kappa shape index (κ1) is 18.7. The Morgan fingerprint density at radius 1 is 1.52 bits per heavy atom. The maximum absolute atomic E-state index is 9.04. The van der Waals surface area contributed by atoms with Gasteiger partial charge in [-0.15, -0.1) is 6.42 Å². The standard InChI is InChI=1S/C13H14ClN.C2H2O4/c1-4-8-15(3)10-11(2)12-6-5-7-13(14)9-12;3-1(4)2(5)6/h1,5-7,9H,2,8,10H2,3H3;(H,3,4)(H,5,6). The SMILES string of the molecule is C#CC[NH+](C)CC(=C)c1cccc(Cl)c1.O=C([O-])C(=O)O. The minimum atomic E-state index is -2.07. The number of carboxylic acid groups (broad SMARTS) is 2. The second kappa shape index (κ2) is 9.59. The molecular weight excluding hydrogens is 294 g/mol. The van der Waals surface area contributed by atoms with E-state index < -0.39 is 11.9 Å². The summed E-state index contributed by atoms with van der Waals surface area (Å²) in [5.41, 5.74) is 2.14. The van der Waals surface area contributed by atoms with Crippen molar-refractivity contribution in [2.75, 3.05) is 20.1 Å². The average molecular weight is 310 g/mol. The summed E-state index contributed by atoms with van der Waals surface area (Å²) in [6.45, 7) is 5.59. The van der Waals surface area contributed by atoms with Crippen LogP contribution in [-0.4, -0.2) is 37.2 Å². The predicted octanol–water partition coefficient (Wildman–Crippen LogP) is -0.678. The molecule has 6 heteroatoms. The minimum Gasteiger partial charge on any atom is -0.539 e. The van der Waals surface area contributed by atoms with Crippen molar-refractivity contribution in [1.82, 2.24) is 0 Å². The van der Waals surface area contributed by atoms with Gasteiger partial charge in [-0.05, 0) is 23.6 Å². The Labute approximate surface area is 128 Å². The van der Waals surface area contributed by atoms with E-state index in [2.05, 4.69) is 19.5 Å². The van der Waals surface area contributed by atoms with Gasteiger partial charge in [0.1, 0.15) is 13.1 Å². The summed E-state index contributed by atoms with van der Waals surface area (Å²) >= 11 is 5.91. The van der Waals surface area contributed by atoms with E-state index in [-0.39, 0.29) is 0 Å². The molecule has 0 spiro atoms. The van der Waals surface area contributed by atoms with Crippen LogP contribution in [-0.2, 0) is 9.59 Å². The van der Waals surface area contributed by atoms with Crippen LogP contribution in [0.5, 0.6) is 0 Å². The fourth-order valence-electron chi connectivity index (χ4n) is 1.41. The third-order valence-electron chi connectivity index (χ3n) is 2.33. The zero-order valence-corrected chi connectivity index (χ0v) is 12.3. The lowest BCUT2D eigenvalue weighted by Crippen LogP contribution is -3.08. The molecular formula is C15H16ClNO4. The first-order valence-corrected chi connectivity index (χ1v) is 6.28. The number of carboxylic acids is 2. The number of terminal acetylenes is 1. The van der Waals surface area contributed by atoms with Crippen LogP contribution in [0.15, 0.2) is 30.8 Å². The largest absolute Gasteiger partial charge is 0.539 e. The van der Waals surface area contributed by atoms with Crippen LogP contribution in [0.25, 0.3) is 5.57 Å². The molecule has 0 bridgehead atoms. The number of halogens is 1. The number of benzene rings is 1. The molecule has 112 valence electrons. The topological polar surface area (TPSA) is 81.9 Å². The number of hydrogen-bond acceptors (Lipinski definition) is 3. The van der Waals surface area contributed by atoms with E-state index in [1.165, 1.54) is 4.90 Å². The Kier molecular flexibility index (Phi) is 8.54. The maximum atomic E-state index is 9.04. The van der Waals surface area contributed by atoms with E-state index in [9.17, 15) is 0 Å². The Balaban J connectivity index is 0.000000567. The normalized spacial score (nSPS) is 10.5. The van der Waals surface area contributed by atoms with Gasteiger partial charge < -0.3 is 19.9 Å². The number of likely N-dealkylation sites (N-methyl/N-ethyl adjacent to an activating group) is 1. The smallest absolute Gasteiger partial charge is 0.351 e. The van der Waals surface area contributed by atoms with Gasteiger partial charge in [-0.3, -0.25) is 0 Å². The molecule has 0 aromatic heterocycles. The van der Waals surface area contributed by atoms with Crippen LogP contribution < -0.4 is 10.0 Å². The number of nitrogens with one attached hydrogen (secondary N) is 1. The van der Waals surface area contributed by atoms with Crippen LogP contribution in [0.2, 0.25) is 5.02 Å². The highest BCUT2D eigenvalue weighted by Crippen LogP contribution is 2.16. The molecule has 1 aromatic carbocycles. The van der Waals surface area contributed by atoms with E-state index in [0.29, 0.717) is 6.54 Å². The Bertz CT molecular complexity index is 551. The lowest BCUT2D eigenvalue weighted by molar-refractivity contribution is -0.863. The summed E-state index contributed by atoms with van der Waals surface area (Å²) in [6.07, 6.45) is 5.25. The fraction of sp³-hybridized carbons (Fsp3) is 0.200. The molecule has 0 saturated carbocycles. The highest BCUT2D eigenvalue weighted by atomic mass is 35.5. The minimum absolute atomic E-state index is 0.708. The van der Waals surface area contributed by atoms with Crippen LogP contribution in [0.1, 0.15) is 5.56 Å². The summed E-state index contributed by atoms with van der Waals surface area (Å²) in [4.78, 5) is 19.3. The summed E-state index contributed by atoms with van der Waals surface area (Å²) in [7, 11) is 2.05. The van der Waals surface area contributed by atoms with E-state index in [1.54, 1.807) is 0 Å². The van der Waals surface area contributed by atoms with Crippen molar-refractivity contribution >= 4 is 29.1 Å². The summed E-state index contributed by atoms with van der Waals surface area (Å²) in [6, 6.07) is 7.72. The highest BCUT2D eigenvalue weighted by molar-refractivity contribution is 6.30. The van der Waals surface area contributed by atoms with Gasteiger partial charge in [-0.25, -0.2) is 4.79 Å². The van der Waals surface area contributed by atoms with Crippen molar-refractivity contribution < 1.29 is 24.7 Å². The number of carbonyl (C=O) groups is 2. The van der Waals surface area contributed by atoms with E-state index in [1.807, 2.05) is 24.3 Å². The molecule has 0 amide bonds. The first-order valence-electron chi connectivity index (χ1n) is 5.90. The van der Waals surface area contributed by atoms with Crippen LogP contribution >= 0.6 is 11.6 Å². The number of carbonyl (C=O) groups excluding carboxylic acids is 1. The fourth-order valence-corrected chi connectivity index (χ4v) is 1.60. The third kappa shape index (κ3) is 8.47. The van der Waals surface area contributed by atoms with Crippen molar-refractivity contribution in [2.24, 2.45) is 0 Å². The van der Waals surface area contributed by atoms with Crippen molar-refractivity contribution in [1.29, 1.82) is 0 Å². The summed E-state index contributed by atoms with van der Waals surface area (Å²) in [5.74, 6) is -1.38. The number of quaternary nitrogens is 1. The predicted molar refractivity (Wildman–Crippen MR) is 78.6 cm³/mol. The van der Waals surface area contributed by atoms with Gasteiger partial charge in [0.05, 0.1) is 7.05 Å². The molecule has 2 N–H and O–H groups in total. The first-order chi connectivity index (χ1) is 9.77. The molecule has 1 atom stereocenters. The number of aliphatic carboxylic acids is 2. The van der Waals surface area contributed by atoms with Gasteiger partial charge in [-0.1, -0.05) is 30.3 Å². The van der Waals surface area contributed by atoms with E-state index >= 15 is 0 Å². The van der Waals surface area contributed by atoms with Gasteiger partial charge in [0.2, 0.25) is 0 Å². The molecule has 0 aliphatic carbocycles. The second-order valence-electron chi connectivity index (χ2n) is 4.22. The van der Waals surface area contributed by atoms with Gasteiger partial charge >= 0.3 is 5.97 Å². The van der Waals surface area contributed by atoms with Gasteiger partial charge in [0.15, 0.2) is 5.97 Å². The lowest BCUT2D eigenvalue weighted by atomic mass is 10.1. The van der Waals surface area contributed by atoms with Crippen molar-refractivity contribution in [2.45, 2.75) is 0 Å². The zero-order chi connectivity index (χ0) is 16.4. The zero-order valence-electron chi connectivity index (χ0n) is 11.6. The maximum Gasteiger partial charge on any atom is 0.351 e. The molecule has 1 rings (SSSR count). The second-order valence-corrected chi connectivity index (χ2v) is 4.66. The molecule has 0 radical (unpaired) electrons. The number of hydrogen-bond donors (Lipinski definition) is 2. The molecule has 5 nitrogen and oxygen atoms in total. The molecule has 0 fully saturated rings. The molecule has 1 aromatic rings. The van der Waals surface area contributed by atoms with Gasteiger partial charge in [0, 0.05) is 10.6 Å². The van der Waals surface area contributed by atoms with Gasteiger partial charge in [0.25, 0.3) is 0 Å². The lowest BCUT2D eigenvalue weighted by Gasteiger charge is -2.12. The van der Waals surface area contributed by atoms with Crippen LogP contribution in [0.3, 0.4) is 0 Å². The Morgan fingerprint density at radius 2 is 2.10 bits per heavy atom. The summed E-state index contributed by atoms with van der Waals surface area (Å²) < 4.78 is 0. The van der Waals surface area contributed by atoms with Crippen molar-refractivity contribution in [3.05, 3.63) is 41.4 Å². The molecule has 0 aliphatic heterocycles. The molecule has 0 saturated heterocycles. The Morgan fingerprint density at radius 3 is 2.52 bits per heavy atom. The van der Waals surface area contributed by atoms with Gasteiger partial charge in [-0.2, -0.15) is 0 Å². The summed E-state index contributed by atoms with van der Waals surface area (Å²) in [5, 5.41) is 17.1. The molecule has 0 aliphatic rings. The molecule has 1 unspecified atom stereocenters. The third-order valence-corrected chi connectivity index (χ3v) is 2.56. The molecule has 0 heterocycles. The van der Waals surface area contributed by atoms with Crippen LogP contribution in [0, 0.1) is 12.3 Å². The van der Waals surface area contributed by atoms with E-state index in [0.717, 1.165) is 22.7 Å². The van der Waals surface area contributed by atoms with Crippen molar-refractivity contribution in [3.63, 3.8) is 0 Å². The van der Waals surface area contributed by atoms with Crippen molar-refractivity contribution in [3.8, 4) is 12.3 Å². The highest BCUT2D eigenvalue weighted by Gasteiger charge is 2.05. The molecule has 21 heavy (non-hydrogen) atoms. The average Bonchev–Trinajstić information content (AvgIpc) is 2.39. The monoisotopic (exact) mass is 309 g/mol. The van der Waals surface area contributed by atoms with Crippen LogP contribution in [0.4, 0.5) is 0 Å². The quantitative estimate of drug-likeness (QED) is 0.570. The Hall–Kier alpha value is -2.29. The van der Waals surface area contributed by atoms with E-state index in [4.69, 9.17) is 37.8 Å².